The van der Waals surface area contributed by atoms with Crippen molar-refractivity contribution in [2.24, 2.45) is 7.05 Å². The van der Waals surface area contributed by atoms with Crippen LogP contribution in [-0.2, 0) is 7.05 Å². The highest BCUT2D eigenvalue weighted by Crippen LogP contribution is 2.48. The second-order valence-electron chi connectivity index (χ2n) is 4.45. The van der Waals surface area contributed by atoms with Crippen LogP contribution in [0.5, 0.6) is 17.2 Å². The van der Waals surface area contributed by atoms with Crippen LogP contribution in [0.15, 0.2) is 12.1 Å². The molecule has 0 fully saturated rings. The Morgan fingerprint density at radius 1 is 1.38 bits per heavy atom. The van der Waals surface area contributed by atoms with E-state index < -0.39 is 5.97 Å². The van der Waals surface area contributed by atoms with E-state index in [4.69, 9.17) is 26.2 Å². The molecule has 7 nitrogen and oxygen atoms in total. The molecule has 1 aromatic heterocycles. The van der Waals surface area contributed by atoms with Gasteiger partial charge in [0.05, 0.1) is 16.3 Å². The molecule has 0 saturated heterocycles. The van der Waals surface area contributed by atoms with Crippen LogP contribution >= 0.6 is 11.6 Å². The van der Waals surface area contributed by atoms with Gasteiger partial charge in [0.2, 0.25) is 0 Å². The Bertz CT molecular complexity index is 741. The van der Waals surface area contributed by atoms with E-state index in [0.717, 1.165) is 0 Å². The van der Waals surface area contributed by atoms with Crippen molar-refractivity contribution in [1.82, 2.24) is 9.78 Å². The molecule has 0 spiro atoms. The molecule has 0 radical (unpaired) electrons. The number of phenols is 1. The topological polar surface area (TPSA) is 93.8 Å². The summed E-state index contributed by atoms with van der Waals surface area (Å²) in [5.74, 6) is -0.603. The molecule has 1 aromatic carbocycles. The minimum atomic E-state index is -1.15. The first-order valence-corrected chi connectivity index (χ1v) is 6.45. The number of ether oxygens (including phenoxy) is 2. The van der Waals surface area contributed by atoms with Gasteiger partial charge in [-0.1, -0.05) is 11.6 Å². The first-order chi connectivity index (χ1) is 9.99. The van der Waals surface area contributed by atoms with Gasteiger partial charge in [0.25, 0.3) is 0 Å². The maximum absolute atomic E-state index is 11.0. The van der Waals surface area contributed by atoms with E-state index in [1.807, 2.05) is 0 Å². The second kappa shape index (κ2) is 4.85. The van der Waals surface area contributed by atoms with Gasteiger partial charge in [-0.15, -0.1) is 0 Å². The number of fused-ring (bicyclic) bond motifs is 1. The Kier molecular flexibility index (Phi) is 3.13. The van der Waals surface area contributed by atoms with Gasteiger partial charge in [0, 0.05) is 13.1 Å². The summed E-state index contributed by atoms with van der Waals surface area (Å²) in [7, 11) is 1.58. The van der Waals surface area contributed by atoms with Gasteiger partial charge < -0.3 is 19.7 Å². The minimum Gasteiger partial charge on any atom is -0.506 e. The summed E-state index contributed by atoms with van der Waals surface area (Å²) in [6, 6.07) is 2.73. The number of rotatable bonds is 2. The fourth-order valence-corrected chi connectivity index (χ4v) is 2.42. The van der Waals surface area contributed by atoms with E-state index in [-0.39, 0.29) is 16.5 Å². The predicted octanol–water partition coefficient (Wildman–Crippen LogP) is 1.92. The zero-order valence-electron chi connectivity index (χ0n) is 11.0. The number of hydrogen-bond donors (Lipinski definition) is 2. The fourth-order valence-electron chi connectivity index (χ4n) is 2.18. The van der Waals surface area contributed by atoms with E-state index in [9.17, 15) is 9.90 Å². The van der Waals surface area contributed by atoms with Gasteiger partial charge >= 0.3 is 5.97 Å². The highest BCUT2D eigenvalue weighted by molar-refractivity contribution is 6.35. The number of aryl methyl sites for hydroxylation is 1. The van der Waals surface area contributed by atoms with E-state index in [2.05, 4.69) is 5.10 Å². The van der Waals surface area contributed by atoms with Crippen molar-refractivity contribution in [1.29, 1.82) is 0 Å². The van der Waals surface area contributed by atoms with Gasteiger partial charge in [0.1, 0.15) is 19.0 Å². The Hall–Kier alpha value is -2.41. The molecule has 0 saturated carbocycles. The molecule has 0 aliphatic carbocycles. The van der Waals surface area contributed by atoms with Crippen LogP contribution in [0.25, 0.3) is 11.3 Å². The molecule has 0 bridgehead atoms. The van der Waals surface area contributed by atoms with E-state index >= 15 is 0 Å². The molecule has 1 aliphatic heterocycles. The SMILES string of the molecule is Cn1nc(C(=O)O)cc1-c1c(Cl)c(O)cc2c1OCCO2. The third-order valence-corrected chi connectivity index (χ3v) is 3.49. The molecule has 1 aliphatic rings. The van der Waals surface area contributed by atoms with Crippen molar-refractivity contribution < 1.29 is 24.5 Å². The quantitative estimate of drug-likeness (QED) is 0.880. The molecule has 8 heteroatoms. The average molecular weight is 311 g/mol. The first-order valence-electron chi connectivity index (χ1n) is 6.08. The van der Waals surface area contributed by atoms with Gasteiger partial charge in [-0.25, -0.2) is 4.79 Å². The van der Waals surface area contributed by atoms with Gasteiger partial charge in [-0.3, -0.25) is 4.68 Å². The number of aromatic nitrogens is 2. The first kappa shape index (κ1) is 13.6. The van der Waals surface area contributed by atoms with Crippen LogP contribution in [0.2, 0.25) is 5.02 Å². The molecule has 2 N–H and O–H groups in total. The smallest absolute Gasteiger partial charge is 0.356 e. The summed E-state index contributed by atoms with van der Waals surface area (Å²) in [4.78, 5) is 11.0. The number of halogens is 1. The molecule has 110 valence electrons. The van der Waals surface area contributed by atoms with Crippen molar-refractivity contribution in [2.75, 3.05) is 13.2 Å². The number of aromatic carboxylic acids is 1. The maximum Gasteiger partial charge on any atom is 0.356 e. The highest BCUT2D eigenvalue weighted by Gasteiger charge is 2.26. The van der Waals surface area contributed by atoms with E-state index in [1.54, 1.807) is 7.05 Å². The van der Waals surface area contributed by atoms with Crippen LogP contribution in [0.1, 0.15) is 10.5 Å². The molecule has 0 atom stereocenters. The highest BCUT2D eigenvalue weighted by atomic mass is 35.5. The molecular formula is C13H11ClN2O5. The van der Waals surface area contributed by atoms with Crippen LogP contribution in [0.3, 0.4) is 0 Å². The molecule has 0 unspecified atom stereocenters. The molecule has 2 aromatic rings. The average Bonchev–Trinajstić information content (AvgIpc) is 2.82. The van der Waals surface area contributed by atoms with Crippen molar-refractivity contribution in [3.05, 3.63) is 22.8 Å². The minimum absolute atomic E-state index is 0.0548. The van der Waals surface area contributed by atoms with Crippen molar-refractivity contribution >= 4 is 17.6 Å². The van der Waals surface area contributed by atoms with E-state index in [0.29, 0.717) is 36.0 Å². The summed E-state index contributed by atoms with van der Waals surface area (Å²) in [6.45, 7) is 0.698. The van der Waals surface area contributed by atoms with E-state index in [1.165, 1.54) is 16.8 Å². The lowest BCUT2D eigenvalue weighted by Crippen LogP contribution is -2.16. The summed E-state index contributed by atoms with van der Waals surface area (Å²) >= 11 is 6.15. The summed E-state index contributed by atoms with van der Waals surface area (Å²) in [5.41, 5.74) is 0.640. The predicted molar refractivity (Wildman–Crippen MR) is 73.3 cm³/mol. The van der Waals surface area contributed by atoms with Crippen molar-refractivity contribution in [3.63, 3.8) is 0 Å². The molecule has 2 heterocycles. The normalized spacial score (nSPS) is 13.2. The Labute approximate surface area is 124 Å². The molecule has 21 heavy (non-hydrogen) atoms. The lowest BCUT2D eigenvalue weighted by atomic mass is 10.1. The number of carboxylic acids is 1. The van der Waals surface area contributed by atoms with Gasteiger partial charge in [-0.2, -0.15) is 5.10 Å². The van der Waals surface area contributed by atoms with Gasteiger partial charge in [0.15, 0.2) is 17.2 Å². The number of nitrogens with zero attached hydrogens (tertiary/aromatic N) is 2. The lowest BCUT2D eigenvalue weighted by Gasteiger charge is -2.22. The Balaban J connectivity index is 2.26. The van der Waals surface area contributed by atoms with Crippen molar-refractivity contribution in [3.8, 4) is 28.5 Å². The molecule has 3 rings (SSSR count). The number of hydrogen-bond acceptors (Lipinski definition) is 5. The Morgan fingerprint density at radius 2 is 2.10 bits per heavy atom. The third kappa shape index (κ3) is 2.15. The van der Waals surface area contributed by atoms with Crippen LogP contribution in [0, 0.1) is 0 Å². The number of carbonyl (C=O) groups is 1. The standard InChI is InChI=1S/C13H11ClN2O5/c1-16-7(4-6(15-16)13(18)19)10-11(14)8(17)5-9-12(10)21-3-2-20-9/h4-5,17H,2-3H2,1H3,(H,18,19). The number of carboxylic acid groups (broad SMARTS) is 1. The van der Waals surface area contributed by atoms with Crippen molar-refractivity contribution in [2.45, 2.75) is 0 Å². The summed E-state index contributed by atoms with van der Waals surface area (Å²) < 4.78 is 12.3. The monoisotopic (exact) mass is 310 g/mol. The van der Waals surface area contributed by atoms with Crippen LogP contribution < -0.4 is 9.47 Å². The summed E-state index contributed by atoms with van der Waals surface area (Å²) in [5, 5.41) is 22.9. The van der Waals surface area contributed by atoms with Crippen LogP contribution in [0.4, 0.5) is 0 Å². The number of benzene rings is 1. The second-order valence-corrected chi connectivity index (χ2v) is 4.83. The fraction of sp³-hybridized carbons (Fsp3) is 0.231. The zero-order valence-corrected chi connectivity index (χ0v) is 11.7. The number of phenolic OH excluding ortho intramolecular Hbond substituents is 1. The maximum atomic E-state index is 11.0. The lowest BCUT2D eigenvalue weighted by molar-refractivity contribution is 0.0689. The van der Waals surface area contributed by atoms with Gasteiger partial charge in [-0.05, 0) is 6.07 Å². The zero-order chi connectivity index (χ0) is 15.1. The number of aromatic hydroxyl groups is 1. The molecule has 0 amide bonds. The largest absolute Gasteiger partial charge is 0.506 e. The summed E-state index contributed by atoms with van der Waals surface area (Å²) in [6.07, 6.45) is 0. The third-order valence-electron chi connectivity index (χ3n) is 3.11. The van der Waals surface area contributed by atoms with Crippen LogP contribution in [-0.4, -0.2) is 39.2 Å². The molecular weight excluding hydrogens is 300 g/mol. The Morgan fingerprint density at radius 3 is 2.76 bits per heavy atom.